The first-order valence-corrected chi connectivity index (χ1v) is 6.57. The maximum Gasteiger partial charge on any atom is 0.223 e. The number of hydrogen-bond acceptors (Lipinski definition) is 5. The van der Waals surface area contributed by atoms with Crippen LogP contribution in [0.1, 0.15) is 41.7 Å². The highest BCUT2D eigenvalue weighted by Crippen LogP contribution is 2.32. The van der Waals surface area contributed by atoms with Crippen molar-refractivity contribution in [1.82, 2.24) is 15.5 Å². The number of phenols is 1. The Kier molecular flexibility index (Phi) is 3.21. The highest BCUT2D eigenvalue weighted by molar-refractivity contribution is 5.38. The number of fused-ring (bicyclic) bond motifs is 1. The summed E-state index contributed by atoms with van der Waals surface area (Å²) in [4.78, 5) is 4.18. The molecule has 0 fully saturated rings. The first-order valence-electron chi connectivity index (χ1n) is 6.57. The number of aryl methyl sites for hydroxylation is 2. The van der Waals surface area contributed by atoms with Gasteiger partial charge in [-0.1, -0.05) is 11.2 Å². The molecule has 100 valence electrons. The molecule has 1 aromatic carbocycles. The third-order valence-electron chi connectivity index (χ3n) is 3.52. The summed E-state index contributed by atoms with van der Waals surface area (Å²) in [5, 5.41) is 16.9. The average molecular weight is 259 g/mol. The summed E-state index contributed by atoms with van der Waals surface area (Å²) in [7, 11) is 0. The second-order valence-electron chi connectivity index (χ2n) is 4.94. The van der Waals surface area contributed by atoms with Crippen molar-refractivity contribution < 1.29 is 9.63 Å². The molecule has 2 N–H and O–H groups in total. The Hall–Kier alpha value is -1.88. The maximum atomic E-state index is 9.63. The lowest BCUT2D eigenvalue weighted by molar-refractivity contribution is 0.380. The molecule has 1 atom stereocenters. The van der Waals surface area contributed by atoms with Crippen LogP contribution in [0.15, 0.2) is 22.7 Å². The lowest BCUT2D eigenvalue weighted by Crippen LogP contribution is -2.25. The Morgan fingerprint density at radius 3 is 3.16 bits per heavy atom. The standard InChI is InChI=1S/C14H17N3O2/c1-9-16-14(17-19-9)8-15-13-4-2-3-10-5-6-11(18)7-12(10)13/h5-7,13,15,18H,2-4,8H2,1H3. The van der Waals surface area contributed by atoms with Gasteiger partial charge in [0.1, 0.15) is 5.75 Å². The molecule has 0 radical (unpaired) electrons. The molecule has 0 saturated carbocycles. The van der Waals surface area contributed by atoms with E-state index < -0.39 is 0 Å². The molecule has 5 heteroatoms. The second kappa shape index (κ2) is 5.01. The Morgan fingerprint density at radius 2 is 2.37 bits per heavy atom. The number of benzene rings is 1. The molecule has 1 unspecified atom stereocenters. The van der Waals surface area contributed by atoms with E-state index >= 15 is 0 Å². The van der Waals surface area contributed by atoms with Gasteiger partial charge >= 0.3 is 0 Å². The molecule has 19 heavy (non-hydrogen) atoms. The number of aromatic hydroxyl groups is 1. The highest BCUT2D eigenvalue weighted by atomic mass is 16.5. The third kappa shape index (κ3) is 2.61. The summed E-state index contributed by atoms with van der Waals surface area (Å²) in [5.74, 6) is 1.58. The Morgan fingerprint density at radius 1 is 1.47 bits per heavy atom. The van der Waals surface area contributed by atoms with E-state index in [1.165, 1.54) is 11.1 Å². The Labute approximate surface area is 111 Å². The number of hydrogen-bond donors (Lipinski definition) is 2. The maximum absolute atomic E-state index is 9.63. The van der Waals surface area contributed by atoms with Gasteiger partial charge in [0.2, 0.25) is 5.89 Å². The van der Waals surface area contributed by atoms with Crippen LogP contribution < -0.4 is 5.32 Å². The summed E-state index contributed by atoms with van der Waals surface area (Å²) in [6, 6.07) is 5.86. The Balaban J connectivity index is 1.74. The molecule has 0 aliphatic heterocycles. The third-order valence-corrected chi connectivity index (χ3v) is 3.52. The summed E-state index contributed by atoms with van der Waals surface area (Å²) in [6.07, 6.45) is 3.29. The first kappa shape index (κ1) is 12.2. The molecular weight excluding hydrogens is 242 g/mol. The van der Waals surface area contributed by atoms with Crippen LogP contribution in [0.5, 0.6) is 5.75 Å². The number of rotatable bonds is 3. The molecule has 2 aromatic rings. The number of aromatic nitrogens is 2. The van der Waals surface area contributed by atoms with E-state index in [0.717, 1.165) is 19.3 Å². The fourth-order valence-electron chi connectivity index (χ4n) is 2.63. The van der Waals surface area contributed by atoms with Crippen molar-refractivity contribution in [2.24, 2.45) is 0 Å². The first-order chi connectivity index (χ1) is 9.22. The minimum atomic E-state index is 0.245. The van der Waals surface area contributed by atoms with Crippen LogP contribution in [0.4, 0.5) is 0 Å². The molecule has 0 saturated heterocycles. The van der Waals surface area contributed by atoms with Gasteiger partial charge in [-0.3, -0.25) is 0 Å². The number of nitrogens with one attached hydrogen (secondary N) is 1. The molecule has 1 aliphatic carbocycles. The molecule has 0 spiro atoms. The summed E-state index contributed by atoms with van der Waals surface area (Å²) in [5.41, 5.74) is 2.50. The lowest BCUT2D eigenvalue weighted by atomic mass is 9.87. The molecule has 1 aromatic heterocycles. The summed E-state index contributed by atoms with van der Waals surface area (Å²) >= 11 is 0. The fraction of sp³-hybridized carbons (Fsp3) is 0.429. The zero-order chi connectivity index (χ0) is 13.2. The second-order valence-corrected chi connectivity index (χ2v) is 4.94. The van der Waals surface area contributed by atoms with E-state index in [1.807, 2.05) is 12.1 Å². The van der Waals surface area contributed by atoms with Crippen molar-refractivity contribution in [3.05, 3.63) is 41.0 Å². The van der Waals surface area contributed by atoms with Crippen LogP contribution >= 0.6 is 0 Å². The van der Waals surface area contributed by atoms with Gasteiger partial charge in [-0.15, -0.1) is 0 Å². The van der Waals surface area contributed by atoms with Crippen molar-refractivity contribution in [2.45, 2.75) is 38.8 Å². The van der Waals surface area contributed by atoms with E-state index in [-0.39, 0.29) is 6.04 Å². The van der Waals surface area contributed by atoms with Crippen molar-refractivity contribution in [3.8, 4) is 5.75 Å². The van der Waals surface area contributed by atoms with Gasteiger partial charge in [0.05, 0.1) is 6.54 Å². The van der Waals surface area contributed by atoms with Gasteiger partial charge in [-0.2, -0.15) is 4.98 Å². The molecule has 1 heterocycles. The minimum Gasteiger partial charge on any atom is -0.508 e. The summed E-state index contributed by atoms with van der Waals surface area (Å²) in [6.45, 7) is 2.36. The van der Waals surface area contributed by atoms with Gasteiger partial charge in [0.25, 0.3) is 0 Å². The van der Waals surface area contributed by atoms with Crippen LogP contribution in [0.3, 0.4) is 0 Å². The molecule has 3 rings (SSSR count). The SMILES string of the molecule is Cc1nc(CNC2CCCc3ccc(O)cc32)no1. The molecule has 5 nitrogen and oxygen atoms in total. The van der Waals surface area contributed by atoms with Crippen molar-refractivity contribution in [1.29, 1.82) is 0 Å². The van der Waals surface area contributed by atoms with E-state index in [9.17, 15) is 5.11 Å². The average Bonchev–Trinajstić information content (AvgIpc) is 2.82. The number of phenolic OH excluding ortho intramolecular Hbond substituents is 1. The predicted molar refractivity (Wildman–Crippen MR) is 69.7 cm³/mol. The van der Waals surface area contributed by atoms with Crippen LogP contribution in [0.2, 0.25) is 0 Å². The van der Waals surface area contributed by atoms with Crippen molar-refractivity contribution >= 4 is 0 Å². The van der Waals surface area contributed by atoms with Gasteiger partial charge in [0.15, 0.2) is 5.82 Å². The van der Waals surface area contributed by atoms with Crippen LogP contribution in [0, 0.1) is 6.92 Å². The molecule has 0 amide bonds. The van der Waals surface area contributed by atoms with Crippen LogP contribution in [-0.2, 0) is 13.0 Å². The lowest BCUT2D eigenvalue weighted by Gasteiger charge is -2.26. The Bertz CT molecular complexity index is 580. The van der Waals surface area contributed by atoms with Crippen LogP contribution in [0.25, 0.3) is 0 Å². The smallest absolute Gasteiger partial charge is 0.223 e. The summed E-state index contributed by atoms with van der Waals surface area (Å²) < 4.78 is 4.95. The van der Waals surface area contributed by atoms with Gasteiger partial charge in [-0.05, 0) is 42.5 Å². The van der Waals surface area contributed by atoms with E-state index in [2.05, 4.69) is 15.5 Å². The molecule has 0 bridgehead atoms. The highest BCUT2D eigenvalue weighted by Gasteiger charge is 2.20. The zero-order valence-corrected chi connectivity index (χ0v) is 10.9. The molecule has 1 aliphatic rings. The van der Waals surface area contributed by atoms with E-state index in [4.69, 9.17) is 4.52 Å². The van der Waals surface area contributed by atoms with Gasteiger partial charge in [0, 0.05) is 13.0 Å². The van der Waals surface area contributed by atoms with E-state index in [0.29, 0.717) is 24.0 Å². The van der Waals surface area contributed by atoms with E-state index in [1.54, 1.807) is 13.0 Å². The van der Waals surface area contributed by atoms with Crippen molar-refractivity contribution in [2.75, 3.05) is 0 Å². The van der Waals surface area contributed by atoms with Crippen molar-refractivity contribution in [3.63, 3.8) is 0 Å². The monoisotopic (exact) mass is 259 g/mol. The molecular formula is C14H17N3O2. The van der Waals surface area contributed by atoms with Gasteiger partial charge in [-0.25, -0.2) is 0 Å². The predicted octanol–water partition coefficient (Wildman–Crippen LogP) is 2.25. The quantitative estimate of drug-likeness (QED) is 0.884. The number of nitrogens with zero attached hydrogens (tertiary/aromatic N) is 2. The topological polar surface area (TPSA) is 71.2 Å². The normalized spacial score (nSPS) is 18.3. The fourth-order valence-corrected chi connectivity index (χ4v) is 2.63. The van der Waals surface area contributed by atoms with Crippen LogP contribution in [-0.4, -0.2) is 15.2 Å². The zero-order valence-electron chi connectivity index (χ0n) is 10.9. The van der Waals surface area contributed by atoms with Gasteiger partial charge < -0.3 is 14.9 Å². The largest absolute Gasteiger partial charge is 0.508 e. The minimum absolute atomic E-state index is 0.245.